The fourth-order valence-corrected chi connectivity index (χ4v) is 1.43. The van der Waals surface area contributed by atoms with E-state index in [0.29, 0.717) is 0 Å². The molecule has 0 amide bonds. The van der Waals surface area contributed by atoms with Crippen molar-refractivity contribution in [3.63, 3.8) is 0 Å². The lowest BCUT2D eigenvalue weighted by Gasteiger charge is -2.14. The zero-order valence-electron chi connectivity index (χ0n) is 7.26. The summed E-state index contributed by atoms with van der Waals surface area (Å²) in [5.74, 6) is -2.91. The van der Waals surface area contributed by atoms with Gasteiger partial charge in [0.1, 0.15) is 0 Å². The van der Waals surface area contributed by atoms with Crippen LogP contribution in [0.2, 0.25) is 0 Å². The Hall–Kier alpha value is -0.610. The van der Waals surface area contributed by atoms with Gasteiger partial charge in [0.2, 0.25) is 0 Å². The molecular weight excluding hydrogens is 192 g/mol. The van der Waals surface area contributed by atoms with Crippen LogP contribution in [0.5, 0.6) is 0 Å². The van der Waals surface area contributed by atoms with Crippen LogP contribution in [0.4, 0.5) is 8.78 Å². The summed E-state index contributed by atoms with van der Waals surface area (Å²) in [7, 11) is 0. The SMILES string of the molecule is CSc1cccc(C(F)(F)CN)c1. The van der Waals surface area contributed by atoms with Crippen LogP contribution in [-0.4, -0.2) is 12.8 Å². The lowest BCUT2D eigenvalue weighted by Crippen LogP contribution is -2.24. The fourth-order valence-electron chi connectivity index (χ4n) is 0.968. The van der Waals surface area contributed by atoms with Crippen molar-refractivity contribution >= 4 is 11.8 Å². The van der Waals surface area contributed by atoms with Crippen LogP contribution in [-0.2, 0) is 5.92 Å². The van der Waals surface area contributed by atoms with Gasteiger partial charge in [-0.3, -0.25) is 0 Å². The summed E-state index contributed by atoms with van der Waals surface area (Å²) in [6.07, 6.45) is 1.85. The second-order valence-electron chi connectivity index (χ2n) is 2.64. The number of hydrogen-bond acceptors (Lipinski definition) is 2. The fraction of sp³-hybridized carbons (Fsp3) is 0.333. The van der Waals surface area contributed by atoms with Gasteiger partial charge >= 0.3 is 0 Å². The van der Waals surface area contributed by atoms with E-state index >= 15 is 0 Å². The van der Waals surface area contributed by atoms with Gasteiger partial charge in [-0.25, -0.2) is 0 Å². The number of thioether (sulfide) groups is 1. The molecule has 0 atom stereocenters. The highest BCUT2D eigenvalue weighted by atomic mass is 32.2. The van der Waals surface area contributed by atoms with Crippen LogP contribution in [0.25, 0.3) is 0 Å². The third kappa shape index (κ3) is 2.42. The maximum atomic E-state index is 13.1. The van der Waals surface area contributed by atoms with Gasteiger partial charge in [-0.15, -0.1) is 11.8 Å². The van der Waals surface area contributed by atoms with Crippen molar-refractivity contribution < 1.29 is 8.78 Å². The van der Waals surface area contributed by atoms with Crippen molar-refractivity contribution in [3.05, 3.63) is 29.8 Å². The molecule has 0 aromatic heterocycles. The van der Waals surface area contributed by atoms with E-state index in [-0.39, 0.29) is 5.56 Å². The molecule has 1 aromatic carbocycles. The topological polar surface area (TPSA) is 26.0 Å². The summed E-state index contributed by atoms with van der Waals surface area (Å²) < 4.78 is 26.1. The molecule has 0 aliphatic carbocycles. The minimum atomic E-state index is -2.91. The Kier molecular flexibility index (Phi) is 3.27. The minimum Gasteiger partial charge on any atom is -0.325 e. The van der Waals surface area contributed by atoms with Crippen molar-refractivity contribution in [2.24, 2.45) is 5.73 Å². The molecule has 1 aromatic rings. The van der Waals surface area contributed by atoms with Gasteiger partial charge in [0.15, 0.2) is 0 Å². The molecule has 13 heavy (non-hydrogen) atoms. The molecule has 2 N–H and O–H groups in total. The van der Waals surface area contributed by atoms with Gasteiger partial charge in [-0.1, -0.05) is 12.1 Å². The third-order valence-corrected chi connectivity index (χ3v) is 2.47. The van der Waals surface area contributed by atoms with E-state index in [1.54, 1.807) is 12.1 Å². The van der Waals surface area contributed by atoms with Gasteiger partial charge in [-0.05, 0) is 18.4 Å². The van der Waals surface area contributed by atoms with E-state index in [9.17, 15) is 8.78 Å². The first-order valence-electron chi connectivity index (χ1n) is 3.82. The molecule has 0 bridgehead atoms. The number of alkyl halides is 2. The molecule has 0 aliphatic rings. The van der Waals surface area contributed by atoms with Crippen molar-refractivity contribution in [3.8, 4) is 0 Å². The first kappa shape index (κ1) is 10.5. The monoisotopic (exact) mass is 203 g/mol. The molecule has 0 saturated carbocycles. The van der Waals surface area contributed by atoms with E-state index < -0.39 is 12.5 Å². The summed E-state index contributed by atoms with van der Waals surface area (Å²) in [6.45, 7) is -0.648. The van der Waals surface area contributed by atoms with Gasteiger partial charge in [0.05, 0.1) is 6.54 Å². The van der Waals surface area contributed by atoms with Crippen molar-refractivity contribution in [2.45, 2.75) is 10.8 Å². The highest BCUT2D eigenvalue weighted by Crippen LogP contribution is 2.28. The van der Waals surface area contributed by atoms with E-state index in [1.165, 1.54) is 23.9 Å². The smallest absolute Gasteiger partial charge is 0.285 e. The number of nitrogens with two attached hydrogens (primary N) is 1. The van der Waals surface area contributed by atoms with Crippen molar-refractivity contribution in [1.82, 2.24) is 0 Å². The molecule has 0 spiro atoms. The number of rotatable bonds is 3. The molecule has 1 rings (SSSR count). The van der Waals surface area contributed by atoms with Crippen molar-refractivity contribution in [2.75, 3.05) is 12.8 Å². The first-order valence-corrected chi connectivity index (χ1v) is 5.05. The molecule has 0 heterocycles. The molecule has 0 unspecified atom stereocenters. The zero-order valence-corrected chi connectivity index (χ0v) is 8.07. The van der Waals surface area contributed by atoms with Gasteiger partial charge in [0, 0.05) is 10.5 Å². The second kappa shape index (κ2) is 4.07. The Labute approximate surface area is 80.3 Å². The second-order valence-corrected chi connectivity index (χ2v) is 3.52. The van der Waals surface area contributed by atoms with Gasteiger partial charge < -0.3 is 5.73 Å². The summed E-state index contributed by atoms with van der Waals surface area (Å²) in [6, 6.07) is 6.27. The largest absolute Gasteiger partial charge is 0.325 e. The first-order chi connectivity index (χ1) is 6.10. The third-order valence-electron chi connectivity index (χ3n) is 1.75. The Morgan fingerprint density at radius 1 is 1.46 bits per heavy atom. The molecule has 0 fully saturated rings. The standard InChI is InChI=1S/C9H11F2NS/c1-13-8-4-2-3-7(5-8)9(10,11)6-12/h2-5H,6,12H2,1H3. The van der Waals surface area contributed by atoms with Crippen LogP contribution in [0, 0.1) is 0 Å². The van der Waals surface area contributed by atoms with Crippen LogP contribution in [0.15, 0.2) is 29.2 Å². The molecule has 4 heteroatoms. The van der Waals surface area contributed by atoms with Crippen molar-refractivity contribution in [1.29, 1.82) is 0 Å². The Morgan fingerprint density at radius 2 is 2.15 bits per heavy atom. The average Bonchev–Trinajstić information content (AvgIpc) is 2.18. The summed E-state index contributed by atoms with van der Waals surface area (Å²) in [5, 5.41) is 0. The molecule has 0 saturated heterocycles. The van der Waals surface area contributed by atoms with Crippen LogP contribution < -0.4 is 5.73 Å². The highest BCUT2D eigenvalue weighted by Gasteiger charge is 2.29. The van der Waals surface area contributed by atoms with Gasteiger partial charge in [-0.2, -0.15) is 8.78 Å². The molecular formula is C9H11F2NS. The van der Waals surface area contributed by atoms with Crippen LogP contribution >= 0.6 is 11.8 Å². The number of halogens is 2. The van der Waals surface area contributed by atoms with E-state index in [2.05, 4.69) is 0 Å². The zero-order chi connectivity index (χ0) is 9.90. The lowest BCUT2D eigenvalue weighted by atomic mass is 10.1. The predicted molar refractivity (Wildman–Crippen MR) is 51.2 cm³/mol. The number of hydrogen-bond donors (Lipinski definition) is 1. The van der Waals surface area contributed by atoms with E-state index in [0.717, 1.165) is 4.90 Å². The normalized spacial score (nSPS) is 11.7. The predicted octanol–water partition coefficient (Wildman–Crippen LogP) is 2.46. The average molecular weight is 203 g/mol. The van der Waals surface area contributed by atoms with E-state index in [1.807, 2.05) is 6.26 Å². The minimum absolute atomic E-state index is 0.0122. The molecule has 0 aliphatic heterocycles. The lowest BCUT2D eigenvalue weighted by molar-refractivity contribution is 0.00575. The Balaban J connectivity index is 3.01. The Bertz CT molecular complexity index is 289. The maximum absolute atomic E-state index is 13.1. The Morgan fingerprint density at radius 3 is 2.69 bits per heavy atom. The summed E-state index contributed by atoms with van der Waals surface area (Å²) in [4.78, 5) is 0.825. The van der Waals surface area contributed by atoms with Gasteiger partial charge in [0.25, 0.3) is 5.92 Å². The highest BCUT2D eigenvalue weighted by molar-refractivity contribution is 7.98. The van der Waals surface area contributed by atoms with E-state index in [4.69, 9.17) is 5.73 Å². The maximum Gasteiger partial charge on any atom is 0.285 e. The number of benzene rings is 1. The summed E-state index contributed by atoms with van der Waals surface area (Å²) >= 11 is 1.44. The molecule has 72 valence electrons. The molecule has 1 nitrogen and oxygen atoms in total. The van der Waals surface area contributed by atoms with Crippen LogP contribution in [0.1, 0.15) is 5.56 Å². The summed E-state index contributed by atoms with van der Waals surface area (Å²) in [5.41, 5.74) is 4.96. The van der Waals surface area contributed by atoms with Crippen LogP contribution in [0.3, 0.4) is 0 Å². The molecule has 0 radical (unpaired) electrons. The quantitative estimate of drug-likeness (QED) is 0.764.